The first-order valence-electron chi connectivity index (χ1n) is 11.6. The first kappa shape index (κ1) is 21.6. The van der Waals surface area contributed by atoms with E-state index in [0.717, 1.165) is 63.5 Å². The number of anilines is 2. The molecule has 1 amide bonds. The van der Waals surface area contributed by atoms with Crippen LogP contribution in [0.5, 0.6) is 5.75 Å². The van der Waals surface area contributed by atoms with Gasteiger partial charge in [-0.25, -0.2) is 0 Å². The Labute approximate surface area is 185 Å². The highest BCUT2D eigenvalue weighted by atomic mass is 16.5. The Balaban J connectivity index is 1.35. The first-order chi connectivity index (χ1) is 15.2. The molecule has 1 saturated heterocycles. The van der Waals surface area contributed by atoms with Crippen LogP contribution in [-0.2, 0) is 4.79 Å². The standard InChI is InChI=1S/C25H34N4O2/c1-31-24-9-5-8-23(20-24)28-17-14-27(15-18-28)16-19-29(22-10-12-26-13-11-22)25(30)21-6-3-2-4-7-21/h5,8-13,20-21H,2-4,6-7,14-19H2,1H3. The fraction of sp³-hybridized carbons (Fsp3) is 0.520. The SMILES string of the molecule is COc1cccc(N2CCN(CCN(C(=O)C3CCCCC3)c3ccncc3)CC2)c1. The molecule has 0 N–H and O–H groups in total. The highest BCUT2D eigenvalue weighted by molar-refractivity contribution is 5.95. The molecule has 0 atom stereocenters. The molecule has 6 nitrogen and oxygen atoms in total. The topological polar surface area (TPSA) is 48.9 Å². The molecule has 2 heterocycles. The van der Waals surface area contributed by atoms with Crippen LogP contribution in [0, 0.1) is 5.92 Å². The molecular weight excluding hydrogens is 388 g/mol. The van der Waals surface area contributed by atoms with Crippen molar-refractivity contribution in [2.45, 2.75) is 32.1 Å². The molecule has 2 aromatic rings. The number of ether oxygens (including phenoxy) is 1. The maximum absolute atomic E-state index is 13.3. The molecule has 0 bridgehead atoms. The molecule has 2 aliphatic rings. The molecule has 4 rings (SSSR count). The number of amides is 1. The van der Waals surface area contributed by atoms with Crippen molar-refractivity contribution < 1.29 is 9.53 Å². The Bertz CT molecular complexity index is 830. The molecule has 0 radical (unpaired) electrons. The molecule has 2 fully saturated rings. The lowest BCUT2D eigenvalue weighted by Gasteiger charge is -2.37. The molecule has 166 valence electrons. The third-order valence-electron chi connectivity index (χ3n) is 6.63. The van der Waals surface area contributed by atoms with Crippen molar-refractivity contribution in [1.82, 2.24) is 9.88 Å². The van der Waals surface area contributed by atoms with Crippen LogP contribution < -0.4 is 14.5 Å². The smallest absolute Gasteiger partial charge is 0.230 e. The lowest BCUT2D eigenvalue weighted by Crippen LogP contribution is -2.49. The van der Waals surface area contributed by atoms with Crippen LogP contribution in [0.1, 0.15) is 32.1 Å². The predicted molar refractivity (Wildman–Crippen MR) is 125 cm³/mol. The minimum absolute atomic E-state index is 0.173. The first-order valence-corrected chi connectivity index (χ1v) is 11.6. The van der Waals surface area contributed by atoms with Crippen LogP contribution in [-0.4, -0.2) is 62.2 Å². The van der Waals surface area contributed by atoms with Gasteiger partial charge in [-0.15, -0.1) is 0 Å². The van der Waals surface area contributed by atoms with Crippen molar-refractivity contribution in [1.29, 1.82) is 0 Å². The van der Waals surface area contributed by atoms with Crippen molar-refractivity contribution in [3.63, 3.8) is 0 Å². The number of carbonyl (C=O) groups is 1. The van der Waals surface area contributed by atoms with Gasteiger partial charge in [0.05, 0.1) is 7.11 Å². The zero-order valence-corrected chi connectivity index (χ0v) is 18.6. The molecule has 1 aliphatic heterocycles. The summed E-state index contributed by atoms with van der Waals surface area (Å²) in [5, 5.41) is 0. The molecule has 0 spiro atoms. The van der Waals surface area contributed by atoms with E-state index < -0.39 is 0 Å². The Hall–Kier alpha value is -2.60. The number of methoxy groups -OCH3 is 1. The van der Waals surface area contributed by atoms with E-state index in [1.165, 1.54) is 24.9 Å². The van der Waals surface area contributed by atoms with Gasteiger partial charge in [0.2, 0.25) is 5.91 Å². The molecule has 31 heavy (non-hydrogen) atoms. The lowest BCUT2D eigenvalue weighted by molar-refractivity contribution is -0.123. The molecule has 1 aromatic heterocycles. The van der Waals surface area contributed by atoms with Crippen LogP contribution in [0.4, 0.5) is 11.4 Å². The summed E-state index contributed by atoms with van der Waals surface area (Å²) in [4.78, 5) is 24.4. The van der Waals surface area contributed by atoms with Crippen LogP contribution in [0.25, 0.3) is 0 Å². The molecule has 1 aromatic carbocycles. The van der Waals surface area contributed by atoms with E-state index in [9.17, 15) is 4.79 Å². The summed E-state index contributed by atoms with van der Waals surface area (Å²) in [6, 6.07) is 12.2. The highest BCUT2D eigenvalue weighted by Crippen LogP contribution is 2.28. The van der Waals surface area contributed by atoms with Crippen LogP contribution in [0.2, 0.25) is 0 Å². The summed E-state index contributed by atoms with van der Waals surface area (Å²) in [5.41, 5.74) is 2.19. The maximum Gasteiger partial charge on any atom is 0.230 e. The van der Waals surface area contributed by atoms with E-state index >= 15 is 0 Å². The minimum atomic E-state index is 0.173. The van der Waals surface area contributed by atoms with Gasteiger partial charge in [-0.3, -0.25) is 14.7 Å². The number of rotatable bonds is 7. The lowest BCUT2D eigenvalue weighted by atomic mass is 9.88. The fourth-order valence-corrected chi connectivity index (χ4v) is 4.74. The Morgan fingerprint density at radius 1 is 1.06 bits per heavy atom. The number of carbonyl (C=O) groups excluding carboxylic acids is 1. The second kappa shape index (κ2) is 10.6. The number of aromatic nitrogens is 1. The zero-order valence-electron chi connectivity index (χ0n) is 18.6. The van der Waals surface area contributed by atoms with Gasteiger partial charge >= 0.3 is 0 Å². The molecule has 1 saturated carbocycles. The quantitative estimate of drug-likeness (QED) is 0.679. The van der Waals surface area contributed by atoms with Crippen molar-refractivity contribution in [3.8, 4) is 5.75 Å². The molecule has 1 aliphatic carbocycles. The summed E-state index contributed by atoms with van der Waals surface area (Å²) < 4.78 is 5.37. The van der Waals surface area contributed by atoms with Gasteiger partial charge in [0.25, 0.3) is 0 Å². The van der Waals surface area contributed by atoms with Crippen molar-refractivity contribution in [2.24, 2.45) is 5.92 Å². The van der Waals surface area contributed by atoms with E-state index in [1.807, 2.05) is 29.2 Å². The predicted octanol–water partition coefficient (Wildman–Crippen LogP) is 3.83. The number of hydrogen-bond donors (Lipinski definition) is 0. The summed E-state index contributed by atoms with van der Waals surface area (Å²) in [5.74, 6) is 1.36. The monoisotopic (exact) mass is 422 g/mol. The van der Waals surface area contributed by atoms with E-state index in [1.54, 1.807) is 19.5 Å². The van der Waals surface area contributed by atoms with E-state index in [2.05, 4.69) is 26.9 Å². The van der Waals surface area contributed by atoms with E-state index in [0.29, 0.717) is 5.91 Å². The number of benzene rings is 1. The van der Waals surface area contributed by atoms with Crippen LogP contribution in [0.3, 0.4) is 0 Å². The fourth-order valence-electron chi connectivity index (χ4n) is 4.74. The summed E-state index contributed by atoms with van der Waals surface area (Å²) in [6.07, 6.45) is 9.22. The van der Waals surface area contributed by atoms with E-state index in [-0.39, 0.29) is 5.92 Å². The highest BCUT2D eigenvalue weighted by Gasteiger charge is 2.27. The van der Waals surface area contributed by atoms with Gasteiger partial charge in [-0.05, 0) is 37.1 Å². The number of nitrogens with zero attached hydrogens (tertiary/aromatic N) is 4. The van der Waals surface area contributed by atoms with Gasteiger partial charge < -0.3 is 14.5 Å². The zero-order chi connectivity index (χ0) is 21.5. The summed E-state index contributed by atoms with van der Waals surface area (Å²) in [6.45, 7) is 5.60. The maximum atomic E-state index is 13.3. The molecule has 6 heteroatoms. The normalized spacial score (nSPS) is 18.0. The average molecular weight is 423 g/mol. The van der Waals surface area contributed by atoms with Gasteiger partial charge in [0.1, 0.15) is 5.75 Å². The van der Waals surface area contributed by atoms with Crippen LogP contribution in [0.15, 0.2) is 48.8 Å². The Morgan fingerprint density at radius 3 is 2.52 bits per heavy atom. The van der Waals surface area contributed by atoms with Crippen molar-refractivity contribution in [2.75, 3.05) is 56.2 Å². The number of pyridine rings is 1. The van der Waals surface area contributed by atoms with Crippen molar-refractivity contribution >= 4 is 17.3 Å². The van der Waals surface area contributed by atoms with Crippen molar-refractivity contribution in [3.05, 3.63) is 48.8 Å². The van der Waals surface area contributed by atoms with Gasteiger partial charge in [-0.1, -0.05) is 25.3 Å². The number of hydrogen-bond acceptors (Lipinski definition) is 5. The van der Waals surface area contributed by atoms with E-state index in [4.69, 9.17) is 4.74 Å². The van der Waals surface area contributed by atoms with Gasteiger partial charge in [-0.2, -0.15) is 0 Å². The summed E-state index contributed by atoms with van der Waals surface area (Å²) in [7, 11) is 1.71. The summed E-state index contributed by atoms with van der Waals surface area (Å²) >= 11 is 0. The minimum Gasteiger partial charge on any atom is -0.497 e. The second-order valence-electron chi connectivity index (χ2n) is 8.56. The number of piperazine rings is 1. The van der Waals surface area contributed by atoms with Gasteiger partial charge in [0, 0.05) is 75.0 Å². The van der Waals surface area contributed by atoms with Gasteiger partial charge in [0.15, 0.2) is 0 Å². The van der Waals surface area contributed by atoms with Crippen LogP contribution >= 0.6 is 0 Å². The molecule has 0 unspecified atom stereocenters. The Kier molecular flexibility index (Phi) is 7.41. The largest absolute Gasteiger partial charge is 0.497 e. The molecular formula is C25H34N4O2. The third kappa shape index (κ3) is 5.56. The average Bonchev–Trinajstić information content (AvgIpc) is 2.85. The Morgan fingerprint density at radius 2 is 1.81 bits per heavy atom. The third-order valence-corrected chi connectivity index (χ3v) is 6.63. The second-order valence-corrected chi connectivity index (χ2v) is 8.56.